The Bertz CT molecular complexity index is 364. The molecule has 0 amide bonds. The van der Waals surface area contributed by atoms with Gasteiger partial charge in [0.25, 0.3) is 0 Å². The van der Waals surface area contributed by atoms with Gasteiger partial charge in [0, 0.05) is 16.7 Å². The lowest BCUT2D eigenvalue weighted by Gasteiger charge is -2.31. The van der Waals surface area contributed by atoms with E-state index in [1.54, 1.807) is 0 Å². The molecule has 0 radical (unpaired) electrons. The third-order valence-corrected chi connectivity index (χ3v) is 5.27. The molecule has 1 aromatic rings. The highest BCUT2D eigenvalue weighted by molar-refractivity contribution is 8.00. The zero-order valence-corrected chi connectivity index (χ0v) is 11.7. The standard InChI is InChI=1S/C15H23NS/c1-11-6-7-15(8-12(11)2)17-14-5-3-4-13(9-14)10-16/h3-5,9,11-12,15H,6-8,10,16H2,1-2H3. The van der Waals surface area contributed by atoms with Gasteiger partial charge in [-0.2, -0.15) is 0 Å². The van der Waals surface area contributed by atoms with Crippen LogP contribution in [0.5, 0.6) is 0 Å². The third-order valence-electron chi connectivity index (χ3n) is 3.99. The molecule has 0 saturated heterocycles. The van der Waals surface area contributed by atoms with E-state index in [-0.39, 0.29) is 0 Å². The molecule has 0 aliphatic heterocycles. The average molecular weight is 249 g/mol. The van der Waals surface area contributed by atoms with Crippen molar-refractivity contribution in [1.29, 1.82) is 0 Å². The molecule has 1 aliphatic carbocycles. The molecule has 1 nitrogen and oxygen atoms in total. The van der Waals surface area contributed by atoms with E-state index in [1.165, 1.54) is 29.7 Å². The van der Waals surface area contributed by atoms with E-state index in [9.17, 15) is 0 Å². The number of rotatable bonds is 3. The molecule has 17 heavy (non-hydrogen) atoms. The molecule has 3 atom stereocenters. The zero-order chi connectivity index (χ0) is 12.3. The van der Waals surface area contributed by atoms with Crippen LogP contribution in [-0.2, 0) is 6.54 Å². The summed E-state index contributed by atoms with van der Waals surface area (Å²) in [4.78, 5) is 1.39. The van der Waals surface area contributed by atoms with Gasteiger partial charge >= 0.3 is 0 Å². The highest BCUT2D eigenvalue weighted by Gasteiger charge is 2.24. The average Bonchev–Trinajstić information content (AvgIpc) is 2.34. The fourth-order valence-corrected chi connectivity index (χ4v) is 3.96. The molecular weight excluding hydrogens is 226 g/mol. The van der Waals surface area contributed by atoms with Crippen LogP contribution in [-0.4, -0.2) is 5.25 Å². The summed E-state index contributed by atoms with van der Waals surface area (Å²) in [7, 11) is 0. The first-order valence-electron chi connectivity index (χ1n) is 6.64. The lowest BCUT2D eigenvalue weighted by atomic mass is 9.81. The Kier molecular flexibility index (Phi) is 4.52. The van der Waals surface area contributed by atoms with Crippen LogP contribution in [0.3, 0.4) is 0 Å². The first-order valence-corrected chi connectivity index (χ1v) is 7.52. The third kappa shape index (κ3) is 3.49. The first-order chi connectivity index (χ1) is 8.19. The Morgan fingerprint density at radius 3 is 2.76 bits per heavy atom. The Balaban J connectivity index is 1.96. The van der Waals surface area contributed by atoms with E-state index in [1.807, 2.05) is 11.8 Å². The van der Waals surface area contributed by atoms with Gasteiger partial charge in [-0.25, -0.2) is 0 Å². The minimum absolute atomic E-state index is 0.645. The Labute approximate surface area is 109 Å². The van der Waals surface area contributed by atoms with Gasteiger partial charge in [0.1, 0.15) is 0 Å². The molecule has 94 valence electrons. The second-order valence-corrected chi connectivity index (χ2v) is 6.73. The van der Waals surface area contributed by atoms with Crippen molar-refractivity contribution in [3.63, 3.8) is 0 Å². The lowest BCUT2D eigenvalue weighted by molar-refractivity contribution is 0.283. The maximum atomic E-state index is 5.68. The zero-order valence-electron chi connectivity index (χ0n) is 10.9. The molecule has 2 rings (SSSR count). The van der Waals surface area contributed by atoms with Crippen molar-refractivity contribution >= 4 is 11.8 Å². The summed E-state index contributed by atoms with van der Waals surface area (Å²) in [6.07, 6.45) is 4.11. The van der Waals surface area contributed by atoms with Crippen LogP contribution in [0, 0.1) is 11.8 Å². The number of nitrogens with two attached hydrogens (primary N) is 1. The highest BCUT2D eigenvalue weighted by Crippen LogP contribution is 2.38. The van der Waals surface area contributed by atoms with Crippen LogP contribution >= 0.6 is 11.8 Å². The smallest absolute Gasteiger partial charge is 0.0178 e. The molecule has 0 heterocycles. The van der Waals surface area contributed by atoms with Gasteiger partial charge in [-0.1, -0.05) is 26.0 Å². The predicted octanol–water partition coefficient (Wildman–Crippen LogP) is 4.06. The number of benzene rings is 1. The molecule has 1 fully saturated rings. The molecule has 0 spiro atoms. The normalized spacial score (nSPS) is 29.2. The first kappa shape index (κ1) is 13.0. The second-order valence-electron chi connectivity index (χ2n) is 5.36. The van der Waals surface area contributed by atoms with Gasteiger partial charge in [0.05, 0.1) is 0 Å². The van der Waals surface area contributed by atoms with Crippen molar-refractivity contribution in [1.82, 2.24) is 0 Å². The SMILES string of the molecule is CC1CCC(Sc2cccc(CN)c2)CC1C. The Hall–Kier alpha value is -0.470. The monoisotopic (exact) mass is 249 g/mol. The molecule has 1 aliphatic rings. The Morgan fingerprint density at radius 2 is 2.06 bits per heavy atom. The van der Waals surface area contributed by atoms with Gasteiger partial charge in [-0.15, -0.1) is 11.8 Å². The highest BCUT2D eigenvalue weighted by atomic mass is 32.2. The van der Waals surface area contributed by atoms with Crippen LogP contribution in [0.1, 0.15) is 38.7 Å². The maximum Gasteiger partial charge on any atom is 0.0178 e. The van der Waals surface area contributed by atoms with E-state index in [4.69, 9.17) is 5.73 Å². The largest absolute Gasteiger partial charge is 0.326 e. The lowest BCUT2D eigenvalue weighted by Crippen LogP contribution is -2.22. The van der Waals surface area contributed by atoms with Crippen molar-refractivity contribution in [3.05, 3.63) is 29.8 Å². The molecule has 1 saturated carbocycles. The molecule has 2 N–H and O–H groups in total. The van der Waals surface area contributed by atoms with Gasteiger partial charge in [-0.3, -0.25) is 0 Å². The van der Waals surface area contributed by atoms with Crippen molar-refractivity contribution in [2.45, 2.75) is 49.8 Å². The van der Waals surface area contributed by atoms with E-state index in [0.717, 1.165) is 17.1 Å². The van der Waals surface area contributed by atoms with Crippen LogP contribution in [0.4, 0.5) is 0 Å². The summed E-state index contributed by atoms with van der Waals surface area (Å²) in [6, 6.07) is 8.69. The number of hydrogen-bond donors (Lipinski definition) is 1. The maximum absolute atomic E-state index is 5.68. The van der Waals surface area contributed by atoms with Crippen molar-refractivity contribution < 1.29 is 0 Å². The van der Waals surface area contributed by atoms with Gasteiger partial charge in [0.2, 0.25) is 0 Å². The topological polar surface area (TPSA) is 26.0 Å². The van der Waals surface area contributed by atoms with Crippen LogP contribution in [0.15, 0.2) is 29.2 Å². The van der Waals surface area contributed by atoms with E-state index >= 15 is 0 Å². The van der Waals surface area contributed by atoms with Crippen LogP contribution in [0.2, 0.25) is 0 Å². The second kappa shape index (κ2) is 5.92. The van der Waals surface area contributed by atoms with Gasteiger partial charge in [-0.05, 0) is 48.8 Å². The quantitative estimate of drug-likeness (QED) is 0.874. The molecule has 3 unspecified atom stereocenters. The summed E-state index contributed by atoms with van der Waals surface area (Å²) in [6.45, 7) is 5.43. The van der Waals surface area contributed by atoms with Crippen LogP contribution in [0.25, 0.3) is 0 Å². The molecule has 0 aromatic heterocycles. The number of thioether (sulfide) groups is 1. The fourth-order valence-electron chi connectivity index (χ4n) is 2.54. The Morgan fingerprint density at radius 1 is 1.24 bits per heavy atom. The van der Waals surface area contributed by atoms with Crippen LogP contribution < -0.4 is 5.73 Å². The van der Waals surface area contributed by atoms with Gasteiger partial charge < -0.3 is 5.73 Å². The number of hydrogen-bond acceptors (Lipinski definition) is 2. The summed E-state index contributed by atoms with van der Waals surface area (Å²) >= 11 is 2.04. The molecule has 2 heteroatoms. The van der Waals surface area contributed by atoms with Crippen molar-refractivity contribution in [2.75, 3.05) is 0 Å². The summed E-state index contributed by atoms with van der Waals surface area (Å²) < 4.78 is 0. The molecule has 1 aromatic carbocycles. The minimum atomic E-state index is 0.645. The summed E-state index contributed by atoms with van der Waals surface area (Å²) in [5, 5.41) is 0.800. The van der Waals surface area contributed by atoms with Gasteiger partial charge in [0.15, 0.2) is 0 Å². The minimum Gasteiger partial charge on any atom is -0.326 e. The predicted molar refractivity (Wildman–Crippen MR) is 76.2 cm³/mol. The summed E-state index contributed by atoms with van der Waals surface area (Å²) in [5.74, 6) is 1.78. The van der Waals surface area contributed by atoms with Crippen molar-refractivity contribution in [2.24, 2.45) is 17.6 Å². The van der Waals surface area contributed by atoms with E-state index < -0.39 is 0 Å². The molecular formula is C15H23NS. The summed E-state index contributed by atoms with van der Waals surface area (Å²) in [5.41, 5.74) is 6.93. The van der Waals surface area contributed by atoms with E-state index in [2.05, 4.69) is 38.1 Å². The molecule has 0 bridgehead atoms. The fraction of sp³-hybridized carbons (Fsp3) is 0.600. The van der Waals surface area contributed by atoms with Crippen molar-refractivity contribution in [3.8, 4) is 0 Å². The van der Waals surface area contributed by atoms with E-state index in [0.29, 0.717) is 6.54 Å².